The maximum absolute atomic E-state index is 12.9. The van der Waals surface area contributed by atoms with Crippen LogP contribution in [0.3, 0.4) is 0 Å². The minimum Gasteiger partial charge on any atom is -0.458 e. The molecule has 3 aromatic carbocycles. The second-order valence-electron chi connectivity index (χ2n) is 8.50. The second-order valence-corrected chi connectivity index (χ2v) is 8.50. The standard InChI is InChI=1S/C29H25NO3/c1-2-16-33-29(32)26-19-23(21-9-10-21)11-12-24(26)17-20-8-13-27-25(18-20)14-15-30(27)28(31)22-6-4-3-5-7-22/h2-8,11-15,18-19,21H,1,9-10,16-17H2. The molecule has 0 saturated heterocycles. The summed E-state index contributed by atoms with van der Waals surface area (Å²) in [6.45, 7) is 3.83. The third kappa shape index (κ3) is 4.37. The van der Waals surface area contributed by atoms with Crippen molar-refractivity contribution in [3.05, 3.63) is 119 Å². The van der Waals surface area contributed by atoms with E-state index in [1.54, 1.807) is 10.6 Å². The average Bonchev–Trinajstić information content (AvgIpc) is 3.62. The number of ether oxygens (including phenoxy) is 1. The van der Waals surface area contributed by atoms with Crippen LogP contribution in [-0.2, 0) is 11.2 Å². The van der Waals surface area contributed by atoms with Gasteiger partial charge >= 0.3 is 5.97 Å². The molecule has 1 saturated carbocycles. The number of carbonyl (C=O) groups excluding carboxylic acids is 2. The lowest BCUT2D eigenvalue weighted by Crippen LogP contribution is -2.10. The normalized spacial score (nSPS) is 13.1. The highest BCUT2D eigenvalue weighted by Gasteiger charge is 2.25. The van der Waals surface area contributed by atoms with Crippen LogP contribution in [0, 0.1) is 0 Å². The van der Waals surface area contributed by atoms with E-state index in [4.69, 9.17) is 4.74 Å². The van der Waals surface area contributed by atoms with Crippen molar-refractivity contribution in [1.29, 1.82) is 0 Å². The van der Waals surface area contributed by atoms with Gasteiger partial charge in [-0.3, -0.25) is 9.36 Å². The minimum absolute atomic E-state index is 0.0544. The summed E-state index contributed by atoms with van der Waals surface area (Å²) in [5, 5.41) is 0.988. The third-order valence-electron chi connectivity index (χ3n) is 6.12. The number of hydrogen-bond acceptors (Lipinski definition) is 3. The van der Waals surface area contributed by atoms with Crippen molar-refractivity contribution in [1.82, 2.24) is 4.57 Å². The van der Waals surface area contributed by atoms with Gasteiger partial charge in [0, 0.05) is 17.1 Å². The first kappa shape index (κ1) is 21.0. The highest BCUT2D eigenvalue weighted by molar-refractivity contribution is 6.02. The quantitative estimate of drug-likeness (QED) is 0.259. The molecule has 4 heteroatoms. The molecule has 1 fully saturated rings. The van der Waals surface area contributed by atoms with Crippen LogP contribution in [0.5, 0.6) is 0 Å². The molecule has 0 spiro atoms. The van der Waals surface area contributed by atoms with Crippen molar-refractivity contribution in [2.75, 3.05) is 6.61 Å². The van der Waals surface area contributed by atoms with Gasteiger partial charge in [0.15, 0.2) is 0 Å². The maximum Gasteiger partial charge on any atom is 0.338 e. The molecule has 1 aliphatic rings. The highest BCUT2D eigenvalue weighted by atomic mass is 16.5. The molecule has 4 nitrogen and oxygen atoms in total. The number of benzene rings is 3. The lowest BCUT2D eigenvalue weighted by atomic mass is 9.96. The van der Waals surface area contributed by atoms with E-state index in [0.717, 1.165) is 22.0 Å². The van der Waals surface area contributed by atoms with E-state index >= 15 is 0 Å². The summed E-state index contributed by atoms with van der Waals surface area (Å²) < 4.78 is 7.03. The Bertz CT molecular complexity index is 1350. The molecule has 33 heavy (non-hydrogen) atoms. The lowest BCUT2D eigenvalue weighted by molar-refractivity contribution is 0.0548. The van der Waals surface area contributed by atoms with Crippen LogP contribution >= 0.6 is 0 Å². The zero-order chi connectivity index (χ0) is 22.8. The summed E-state index contributed by atoms with van der Waals surface area (Å²) in [6.07, 6.45) is 6.35. The maximum atomic E-state index is 12.9. The van der Waals surface area contributed by atoms with Gasteiger partial charge in [0.1, 0.15) is 6.61 Å². The molecule has 0 aliphatic heterocycles. The van der Waals surface area contributed by atoms with Crippen LogP contribution in [0.15, 0.2) is 91.6 Å². The number of rotatable bonds is 7. The molecule has 0 bridgehead atoms. The van der Waals surface area contributed by atoms with Gasteiger partial charge in [-0.2, -0.15) is 0 Å². The molecule has 5 rings (SSSR count). The number of fused-ring (bicyclic) bond motifs is 1. The Balaban J connectivity index is 1.44. The van der Waals surface area contributed by atoms with Gasteiger partial charge in [0.05, 0.1) is 11.1 Å². The zero-order valence-electron chi connectivity index (χ0n) is 18.4. The molecule has 0 amide bonds. The topological polar surface area (TPSA) is 48.3 Å². The monoisotopic (exact) mass is 435 g/mol. The Hall–Kier alpha value is -3.92. The molecular weight excluding hydrogens is 410 g/mol. The summed E-state index contributed by atoms with van der Waals surface area (Å²) in [7, 11) is 0. The molecule has 0 radical (unpaired) electrons. The van der Waals surface area contributed by atoms with Crippen LogP contribution in [0.25, 0.3) is 10.9 Å². The van der Waals surface area contributed by atoms with Gasteiger partial charge in [0.2, 0.25) is 0 Å². The molecule has 164 valence electrons. The number of carbonyl (C=O) groups is 2. The number of nitrogens with zero attached hydrogens (tertiary/aromatic N) is 1. The predicted molar refractivity (Wildman–Crippen MR) is 130 cm³/mol. The van der Waals surface area contributed by atoms with Crippen LogP contribution in [0.4, 0.5) is 0 Å². The van der Waals surface area contributed by atoms with Gasteiger partial charge in [0.25, 0.3) is 5.91 Å². The molecular formula is C29H25NO3. The lowest BCUT2D eigenvalue weighted by Gasteiger charge is -2.12. The number of hydrogen-bond donors (Lipinski definition) is 0. The van der Waals surface area contributed by atoms with Crippen molar-refractivity contribution < 1.29 is 14.3 Å². The molecule has 1 aromatic heterocycles. The molecule has 0 N–H and O–H groups in total. The Morgan fingerprint density at radius 3 is 2.58 bits per heavy atom. The summed E-state index contributed by atoms with van der Waals surface area (Å²) in [4.78, 5) is 25.6. The van der Waals surface area contributed by atoms with Gasteiger partial charge in [-0.1, -0.05) is 49.1 Å². The predicted octanol–water partition coefficient (Wildman–Crippen LogP) is 6.14. The van der Waals surface area contributed by atoms with Crippen molar-refractivity contribution in [3.8, 4) is 0 Å². The molecule has 4 aromatic rings. The zero-order valence-corrected chi connectivity index (χ0v) is 18.4. The third-order valence-corrected chi connectivity index (χ3v) is 6.12. The Labute approximate surface area is 193 Å². The fourth-order valence-corrected chi connectivity index (χ4v) is 4.24. The molecule has 1 heterocycles. The molecule has 1 aliphatic carbocycles. The smallest absolute Gasteiger partial charge is 0.338 e. The fourth-order valence-electron chi connectivity index (χ4n) is 4.24. The summed E-state index contributed by atoms with van der Waals surface area (Å²) in [5.74, 6) is 0.192. The van der Waals surface area contributed by atoms with E-state index in [1.807, 2.05) is 66.9 Å². The molecule has 0 unspecified atom stereocenters. The van der Waals surface area contributed by atoms with E-state index in [9.17, 15) is 9.59 Å². The van der Waals surface area contributed by atoms with Crippen molar-refractivity contribution in [2.24, 2.45) is 0 Å². The molecule has 0 atom stereocenters. The summed E-state index contributed by atoms with van der Waals surface area (Å²) in [5.41, 5.74) is 5.35. The number of aromatic nitrogens is 1. The van der Waals surface area contributed by atoms with Crippen molar-refractivity contribution in [2.45, 2.75) is 25.2 Å². The van der Waals surface area contributed by atoms with E-state index in [-0.39, 0.29) is 18.5 Å². The Kier molecular flexibility index (Phi) is 5.66. The van der Waals surface area contributed by atoms with E-state index < -0.39 is 0 Å². The van der Waals surface area contributed by atoms with Gasteiger partial charge in [-0.05, 0) is 78.3 Å². The fraction of sp³-hybridized carbons (Fsp3) is 0.172. The minimum atomic E-state index is -0.312. The van der Waals surface area contributed by atoms with Gasteiger partial charge < -0.3 is 4.74 Å². The largest absolute Gasteiger partial charge is 0.458 e. The van der Waals surface area contributed by atoms with Gasteiger partial charge in [-0.15, -0.1) is 0 Å². The second kappa shape index (κ2) is 8.91. The Morgan fingerprint density at radius 2 is 1.82 bits per heavy atom. The van der Waals surface area contributed by atoms with Gasteiger partial charge in [-0.25, -0.2) is 4.79 Å². The first-order valence-corrected chi connectivity index (χ1v) is 11.2. The van der Waals surface area contributed by atoms with Crippen LogP contribution < -0.4 is 0 Å². The van der Waals surface area contributed by atoms with Crippen LogP contribution in [0.1, 0.15) is 56.2 Å². The Morgan fingerprint density at radius 1 is 1.00 bits per heavy atom. The SMILES string of the molecule is C=CCOC(=O)c1cc(C2CC2)ccc1Cc1ccc2c(ccn2C(=O)c2ccccc2)c1. The first-order chi connectivity index (χ1) is 16.1. The van der Waals surface area contributed by atoms with Crippen molar-refractivity contribution >= 4 is 22.8 Å². The highest BCUT2D eigenvalue weighted by Crippen LogP contribution is 2.40. The number of esters is 1. The van der Waals surface area contributed by atoms with Crippen LogP contribution in [-0.4, -0.2) is 23.1 Å². The average molecular weight is 436 g/mol. The van der Waals surface area contributed by atoms with Crippen molar-refractivity contribution in [3.63, 3.8) is 0 Å². The van der Waals surface area contributed by atoms with E-state index in [0.29, 0.717) is 23.5 Å². The van der Waals surface area contributed by atoms with E-state index in [2.05, 4.69) is 18.7 Å². The summed E-state index contributed by atoms with van der Waals surface area (Å²) in [6, 6.07) is 23.5. The van der Waals surface area contributed by atoms with Crippen LogP contribution in [0.2, 0.25) is 0 Å². The summed E-state index contributed by atoms with van der Waals surface area (Å²) >= 11 is 0. The van der Waals surface area contributed by atoms with E-state index in [1.165, 1.54) is 18.4 Å². The first-order valence-electron chi connectivity index (χ1n) is 11.2.